The number of nitrogens with one attached hydrogen (secondary N) is 1. The molecule has 2 unspecified atom stereocenters. The second-order valence-electron chi connectivity index (χ2n) is 4.56. The molecule has 0 amide bonds. The molecule has 0 aromatic carbocycles. The molecule has 1 aromatic heterocycles. The van der Waals surface area contributed by atoms with Crippen LogP contribution in [0.15, 0.2) is 17.1 Å². The van der Waals surface area contributed by atoms with Crippen molar-refractivity contribution in [3.63, 3.8) is 0 Å². The van der Waals surface area contributed by atoms with Crippen LogP contribution in [-0.4, -0.2) is 23.0 Å². The van der Waals surface area contributed by atoms with E-state index in [2.05, 4.69) is 43.2 Å². The van der Waals surface area contributed by atoms with Crippen molar-refractivity contribution in [2.45, 2.75) is 44.9 Å². The van der Waals surface area contributed by atoms with Gasteiger partial charge in [0.2, 0.25) is 0 Å². The smallest absolute Gasteiger partial charge is 0.157 e. The summed E-state index contributed by atoms with van der Waals surface area (Å²) in [5.74, 6) is 0. The van der Waals surface area contributed by atoms with Gasteiger partial charge in [-0.3, -0.25) is 4.99 Å². The van der Waals surface area contributed by atoms with Crippen LogP contribution in [0.3, 0.4) is 0 Å². The molecule has 17 heavy (non-hydrogen) atoms. The summed E-state index contributed by atoms with van der Waals surface area (Å²) >= 11 is 3.79. The lowest BCUT2D eigenvalue weighted by atomic mass is 10.2. The van der Waals surface area contributed by atoms with Gasteiger partial charge in [-0.1, -0.05) is 18.7 Å². The Morgan fingerprint density at radius 3 is 2.94 bits per heavy atom. The number of aliphatic imine (C=N–C) groups is 1. The van der Waals surface area contributed by atoms with E-state index in [4.69, 9.17) is 0 Å². The Bertz CT molecular complexity index is 398. The first-order valence-corrected chi connectivity index (χ1v) is 7.90. The Balaban J connectivity index is 1.80. The van der Waals surface area contributed by atoms with E-state index < -0.39 is 0 Å². The van der Waals surface area contributed by atoms with E-state index in [0.29, 0.717) is 11.3 Å². The quantitative estimate of drug-likeness (QED) is 0.904. The molecule has 1 aromatic rings. The van der Waals surface area contributed by atoms with Crippen LogP contribution >= 0.6 is 23.1 Å². The van der Waals surface area contributed by atoms with Crippen LogP contribution in [0.5, 0.6) is 0 Å². The fourth-order valence-electron chi connectivity index (χ4n) is 1.87. The number of thiophene rings is 1. The van der Waals surface area contributed by atoms with Crippen molar-refractivity contribution in [2.75, 3.05) is 6.54 Å². The molecule has 0 saturated carbocycles. The second-order valence-corrected chi connectivity index (χ2v) is 7.22. The average molecular weight is 268 g/mol. The van der Waals surface area contributed by atoms with E-state index >= 15 is 0 Å². The van der Waals surface area contributed by atoms with Gasteiger partial charge in [-0.25, -0.2) is 0 Å². The minimum Gasteiger partial charge on any atom is -0.362 e. The number of hydrogen-bond acceptors (Lipinski definition) is 4. The van der Waals surface area contributed by atoms with E-state index in [0.717, 1.165) is 18.1 Å². The highest BCUT2D eigenvalue weighted by Gasteiger charge is 2.19. The molecule has 2 heterocycles. The highest BCUT2D eigenvalue weighted by molar-refractivity contribution is 8.14. The Kier molecular flexibility index (Phi) is 4.51. The first kappa shape index (κ1) is 13.0. The predicted octanol–water partition coefficient (Wildman–Crippen LogP) is 3.46. The van der Waals surface area contributed by atoms with E-state index in [1.54, 1.807) is 0 Å². The third-order valence-corrected chi connectivity index (χ3v) is 5.15. The molecule has 94 valence electrons. The Labute approximate surface area is 112 Å². The zero-order valence-electron chi connectivity index (χ0n) is 10.7. The molecular weight excluding hydrogens is 248 g/mol. The topological polar surface area (TPSA) is 24.4 Å². The van der Waals surface area contributed by atoms with Crippen LogP contribution < -0.4 is 5.32 Å². The first-order valence-electron chi connectivity index (χ1n) is 6.20. The van der Waals surface area contributed by atoms with Gasteiger partial charge in [-0.2, -0.15) is 0 Å². The number of hydrogen-bond donors (Lipinski definition) is 1. The van der Waals surface area contributed by atoms with Crippen molar-refractivity contribution in [1.29, 1.82) is 0 Å². The Morgan fingerprint density at radius 1 is 1.53 bits per heavy atom. The van der Waals surface area contributed by atoms with Crippen LogP contribution in [0.2, 0.25) is 0 Å². The Hall–Kier alpha value is -0.480. The molecule has 1 aliphatic heterocycles. The molecule has 1 aliphatic rings. The van der Waals surface area contributed by atoms with Crippen LogP contribution in [0.4, 0.5) is 0 Å². The maximum atomic E-state index is 4.55. The normalized spacial score (nSPS) is 21.4. The SMILES string of the molecule is CCC1CN=C(NC(C)Cc2ccc(C)s2)S1. The van der Waals surface area contributed by atoms with E-state index in [1.165, 1.54) is 16.2 Å². The van der Waals surface area contributed by atoms with Gasteiger partial charge in [0.25, 0.3) is 0 Å². The number of nitrogens with zero attached hydrogens (tertiary/aromatic N) is 1. The lowest BCUT2D eigenvalue weighted by Crippen LogP contribution is -2.31. The fourth-order valence-corrected chi connectivity index (χ4v) is 3.94. The van der Waals surface area contributed by atoms with Gasteiger partial charge in [-0.05, 0) is 32.4 Å². The summed E-state index contributed by atoms with van der Waals surface area (Å²) in [6.07, 6.45) is 2.30. The summed E-state index contributed by atoms with van der Waals surface area (Å²) in [5.41, 5.74) is 0. The lowest BCUT2D eigenvalue weighted by molar-refractivity contribution is 0.671. The van der Waals surface area contributed by atoms with Gasteiger partial charge in [-0.15, -0.1) is 11.3 Å². The van der Waals surface area contributed by atoms with Crippen molar-refractivity contribution in [3.05, 3.63) is 21.9 Å². The van der Waals surface area contributed by atoms with E-state index in [-0.39, 0.29) is 0 Å². The summed E-state index contributed by atoms with van der Waals surface area (Å²) in [7, 11) is 0. The minimum atomic E-state index is 0.468. The van der Waals surface area contributed by atoms with Gasteiger partial charge < -0.3 is 5.32 Å². The largest absolute Gasteiger partial charge is 0.362 e. The van der Waals surface area contributed by atoms with Crippen molar-refractivity contribution >= 4 is 28.3 Å². The average Bonchev–Trinajstić information content (AvgIpc) is 2.88. The highest BCUT2D eigenvalue weighted by Crippen LogP contribution is 2.23. The molecule has 1 N–H and O–H groups in total. The van der Waals surface area contributed by atoms with Crippen LogP contribution in [0, 0.1) is 6.92 Å². The standard InChI is InChI=1S/C13H20N2S2/c1-4-11-8-14-13(17-11)15-9(2)7-12-6-5-10(3)16-12/h5-6,9,11H,4,7-8H2,1-3H3,(H,14,15). The molecule has 2 nitrogen and oxygen atoms in total. The third kappa shape index (κ3) is 3.75. The predicted molar refractivity (Wildman–Crippen MR) is 79.3 cm³/mol. The highest BCUT2D eigenvalue weighted by atomic mass is 32.2. The molecule has 0 bridgehead atoms. The van der Waals surface area contributed by atoms with Crippen molar-refractivity contribution in [2.24, 2.45) is 4.99 Å². The van der Waals surface area contributed by atoms with Crippen LogP contribution in [0.1, 0.15) is 30.0 Å². The van der Waals surface area contributed by atoms with Gasteiger partial charge in [0, 0.05) is 27.5 Å². The van der Waals surface area contributed by atoms with Crippen LogP contribution in [0.25, 0.3) is 0 Å². The molecular formula is C13H20N2S2. The lowest BCUT2D eigenvalue weighted by Gasteiger charge is -2.14. The number of amidine groups is 1. The van der Waals surface area contributed by atoms with Gasteiger partial charge in [0.05, 0.1) is 6.54 Å². The summed E-state index contributed by atoms with van der Waals surface area (Å²) in [6, 6.07) is 4.90. The monoisotopic (exact) mass is 268 g/mol. The van der Waals surface area contributed by atoms with E-state index in [1.807, 2.05) is 23.1 Å². The molecule has 0 saturated heterocycles. The van der Waals surface area contributed by atoms with Crippen molar-refractivity contribution in [1.82, 2.24) is 5.32 Å². The zero-order chi connectivity index (χ0) is 12.3. The molecule has 2 atom stereocenters. The Morgan fingerprint density at radius 2 is 2.35 bits per heavy atom. The number of aryl methyl sites for hydroxylation is 1. The maximum Gasteiger partial charge on any atom is 0.157 e. The molecule has 0 aliphatic carbocycles. The molecule has 0 fully saturated rings. The van der Waals surface area contributed by atoms with Gasteiger partial charge in [0.15, 0.2) is 5.17 Å². The first-order chi connectivity index (χ1) is 8.17. The summed E-state index contributed by atoms with van der Waals surface area (Å²) < 4.78 is 0. The van der Waals surface area contributed by atoms with Crippen molar-refractivity contribution in [3.8, 4) is 0 Å². The maximum absolute atomic E-state index is 4.55. The second kappa shape index (κ2) is 5.91. The summed E-state index contributed by atoms with van der Waals surface area (Å²) in [4.78, 5) is 7.40. The number of rotatable bonds is 4. The van der Waals surface area contributed by atoms with Crippen LogP contribution in [-0.2, 0) is 6.42 Å². The minimum absolute atomic E-state index is 0.468. The summed E-state index contributed by atoms with van der Waals surface area (Å²) in [5, 5.41) is 5.35. The molecule has 4 heteroatoms. The zero-order valence-corrected chi connectivity index (χ0v) is 12.3. The van der Waals surface area contributed by atoms with E-state index in [9.17, 15) is 0 Å². The molecule has 0 spiro atoms. The molecule has 0 radical (unpaired) electrons. The molecule has 2 rings (SSSR count). The van der Waals surface area contributed by atoms with Gasteiger partial charge in [0.1, 0.15) is 0 Å². The summed E-state index contributed by atoms with van der Waals surface area (Å²) in [6.45, 7) is 7.61. The van der Waals surface area contributed by atoms with Crippen molar-refractivity contribution < 1.29 is 0 Å². The van der Waals surface area contributed by atoms with Gasteiger partial charge >= 0.3 is 0 Å². The third-order valence-electron chi connectivity index (χ3n) is 2.85. The number of thioether (sulfide) groups is 1. The fraction of sp³-hybridized carbons (Fsp3) is 0.615.